The van der Waals surface area contributed by atoms with Gasteiger partial charge in [0, 0.05) is 23.3 Å². The zero-order valence-corrected chi connectivity index (χ0v) is 12.7. The van der Waals surface area contributed by atoms with Crippen LogP contribution in [0.1, 0.15) is 31.9 Å². The fourth-order valence-electron chi connectivity index (χ4n) is 2.17. The van der Waals surface area contributed by atoms with Crippen LogP contribution in [0.15, 0.2) is 12.4 Å². The van der Waals surface area contributed by atoms with Crippen LogP contribution < -0.4 is 0 Å². The van der Waals surface area contributed by atoms with E-state index in [1.54, 1.807) is 12.4 Å². The molecule has 2 heterocycles. The van der Waals surface area contributed by atoms with Gasteiger partial charge in [0.25, 0.3) is 0 Å². The fraction of sp³-hybridized carbons (Fsp3) is 0.429. The molecule has 2 N–H and O–H groups in total. The van der Waals surface area contributed by atoms with Crippen molar-refractivity contribution in [2.24, 2.45) is 0 Å². The predicted octanol–water partition coefficient (Wildman–Crippen LogP) is 3.80. The Labute approximate surface area is 122 Å². The largest absolute Gasteiger partial charge is 0.465 e. The Morgan fingerprint density at radius 2 is 2.15 bits per heavy atom. The molecule has 20 heavy (non-hydrogen) atoms. The minimum absolute atomic E-state index is 0.287. The minimum atomic E-state index is -0.947. The molecule has 2 aromatic heterocycles. The van der Waals surface area contributed by atoms with Crippen molar-refractivity contribution in [2.45, 2.75) is 39.8 Å². The zero-order valence-electron chi connectivity index (χ0n) is 12.0. The molecule has 0 unspecified atom stereocenters. The van der Waals surface area contributed by atoms with Gasteiger partial charge in [-0.1, -0.05) is 11.6 Å². The van der Waals surface area contributed by atoms with Crippen LogP contribution in [0.5, 0.6) is 0 Å². The Balaban J connectivity index is 2.45. The number of carboxylic acid groups (broad SMARTS) is 1. The topological polar surface area (TPSA) is 69.2 Å². The van der Waals surface area contributed by atoms with Crippen molar-refractivity contribution in [3.05, 3.63) is 28.5 Å². The van der Waals surface area contributed by atoms with Crippen LogP contribution in [0.3, 0.4) is 0 Å². The first kappa shape index (κ1) is 14.7. The molecule has 6 heteroatoms. The molecule has 0 saturated carbocycles. The van der Waals surface area contributed by atoms with Gasteiger partial charge in [0.1, 0.15) is 5.65 Å². The smallest absolute Gasteiger partial charge is 0.408 e. The summed E-state index contributed by atoms with van der Waals surface area (Å²) in [6, 6.07) is 0. The third-order valence-electron chi connectivity index (χ3n) is 3.39. The standard InChI is InChI=1S/C14H18ClN3O2/c1-8-9(7-18(13(19)20)14(2,3)4)5-16-12-11(8)10(15)6-17-12/h5-6H,7H2,1-4H3,(H,16,17)(H,19,20). The maximum absolute atomic E-state index is 11.4. The van der Waals surface area contributed by atoms with Gasteiger partial charge in [0.15, 0.2) is 0 Å². The normalized spacial score (nSPS) is 11.8. The summed E-state index contributed by atoms with van der Waals surface area (Å²) in [5, 5.41) is 10.8. The summed E-state index contributed by atoms with van der Waals surface area (Å²) < 4.78 is 0. The number of aromatic amines is 1. The van der Waals surface area contributed by atoms with E-state index >= 15 is 0 Å². The molecule has 0 spiro atoms. The number of aromatic nitrogens is 2. The van der Waals surface area contributed by atoms with Crippen molar-refractivity contribution >= 4 is 28.7 Å². The lowest BCUT2D eigenvalue weighted by Gasteiger charge is -2.33. The second-order valence-electron chi connectivity index (χ2n) is 5.81. The Morgan fingerprint density at radius 1 is 1.50 bits per heavy atom. The first-order valence-corrected chi connectivity index (χ1v) is 6.71. The Bertz CT molecular complexity index is 658. The van der Waals surface area contributed by atoms with Gasteiger partial charge >= 0.3 is 6.09 Å². The van der Waals surface area contributed by atoms with Gasteiger partial charge in [-0.05, 0) is 38.8 Å². The summed E-state index contributed by atoms with van der Waals surface area (Å²) in [5.74, 6) is 0. The number of rotatable bonds is 2. The lowest BCUT2D eigenvalue weighted by molar-refractivity contribution is 0.0954. The molecule has 0 atom stereocenters. The number of H-pyrrole nitrogens is 1. The van der Waals surface area contributed by atoms with E-state index in [2.05, 4.69) is 9.97 Å². The summed E-state index contributed by atoms with van der Waals surface area (Å²) in [5.41, 5.74) is 2.05. The van der Waals surface area contributed by atoms with E-state index in [0.29, 0.717) is 10.7 Å². The predicted molar refractivity (Wildman–Crippen MR) is 79.2 cm³/mol. The number of fused-ring (bicyclic) bond motifs is 1. The first-order chi connectivity index (χ1) is 9.21. The Hall–Kier alpha value is -1.75. The van der Waals surface area contributed by atoms with Crippen LogP contribution in [0.4, 0.5) is 4.79 Å². The van der Waals surface area contributed by atoms with Crippen molar-refractivity contribution in [1.29, 1.82) is 0 Å². The van der Waals surface area contributed by atoms with Crippen LogP contribution in [-0.2, 0) is 6.54 Å². The minimum Gasteiger partial charge on any atom is -0.465 e. The number of aryl methyl sites for hydroxylation is 1. The average Bonchev–Trinajstić information content (AvgIpc) is 2.68. The van der Waals surface area contributed by atoms with Gasteiger partial charge in [0.05, 0.1) is 11.6 Å². The van der Waals surface area contributed by atoms with Crippen LogP contribution in [-0.4, -0.2) is 31.6 Å². The van der Waals surface area contributed by atoms with E-state index in [1.165, 1.54) is 4.90 Å². The number of halogens is 1. The molecule has 5 nitrogen and oxygen atoms in total. The van der Waals surface area contributed by atoms with Crippen LogP contribution in [0.25, 0.3) is 11.0 Å². The molecule has 0 aliphatic carbocycles. The van der Waals surface area contributed by atoms with E-state index in [9.17, 15) is 9.90 Å². The maximum atomic E-state index is 11.4. The molecule has 108 valence electrons. The molecule has 0 fully saturated rings. The van der Waals surface area contributed by atoms with Gasteiger partial charge in [-0.3, -0.25) is 4.90 Å². The highest BCUT2D eigenvalue weighted by molar-refractivity contribution is 6.35. The average molecular weight is 296 g/mol. The lowest BCUT2D eigenvalue weighted by Crippen LogP contribution is -2.44. The van der Waals surface area contributed by atoms with E-state index in [1.807, 2.05) is 27.7 Å². The number of hydrogen-bond donors (Lipinski definition) is 2. The van der Waals surface area contributed by atoms with E-state index < -0.39 is 11.6 Å². The van der Waals surface area contributed by atoms with E-state index in [0.717, 1.165) is 16.5 Å². The van der Waals surface area contributed by atoms with Crippen molar-refractivity contribution in [3.63, 3.8) is 0 Å². The highest BCUT2D eigenvalue weighted by Gasteiger charge is 2.27. The Morgan fingerprint density at radius 3 is 2.70 bits per heavy atom. The number of amides is 1. The molecular formula is C14H18ClN3O2. The summed E-state index contributed by atoms with van der Waals surface area (Å²) in [7, 11) is 0. The highest BCUT2D eigenvalue weighted by Crippen LogP contribution is 2.28. The Kier molecular flexibility index (Phi) is 3.65. The van der Waals surface area contributed by atoms with Gasteiger partial charge in [0.2, 0.25) is 0 Å². The van der Waals surface area contributed by atoms with Crippen LogP contribution in [0, 0.1) is 6.92 Å². The molecular weight excluding hydrogens is 278 g/mol. The molecule has 0 aromatic carbocycles. The molecule has 0 radical (unpaired) electrons. The van der Waals surface area contributed by atoms with Crippen LogP contribution in [0.2, 0.25) is 5.02 Å². The van der Waals surface area contributed by atoms with Crippen molar-refractivity contribution in [3.8, 4) is 0 Å². The number of hydrogen-bond acceptors (Lipinski definition) is 2. The highest BCUT2D eigenvalue weighted by atomic mass is 35.5. The third-order valence-corrected chi connectivity index (χ3v) is 3.68. The third kappa shape index (κ3) is 2.58. The second-order valence-corrected chi connectivity index (χ2v) is 6.22. The fourth-order valence-corrected chi connectivity index (χ4v) is 2.45. The number of pyridine rings is 1. The van der Waals surface area contributed by atoms with Crippen molar-refractivity contribution in [2.75, 3.05) is 0 Å². The summed E-state index contributed by atoms with van der Waals surface area (Å²) in [6.45, 7) is 7.82. The summed E-state index contributed by atoms with van der Waals surface area (Å²) in [6.07, 6.45) is 2.44. The quantitative estimate of drug-likeness (QED) is 0.885. The van der Waals surface area contributed by atoms with Crippen LogP contribution >= 0.6 is 11.6 Å². The molecule has 0 saturated heterocycles. The molecule has 0 bridgehead atoms. The SMILES string of the molecule is Cc1c(CN(C(=O)O)C(C)(C)C)cnc2[nH]cc(Cl)c12. The number of carbonyl (C=O) groups is 1. The maximum Gasteiger partial charge on any atom is 0.408 e. The molecule has 0 aliphatic rings. The first-order valence-electron chi connectivity index (χ1n) is 6.33. The molecule has 2 aromatic rings. The molecule has 1 amide bonds. The molecule has 2 rings (SSSR count). The second kappa shape index (κ2) is 4.98. The zero-order chi connectivity index (χ0) is 15.1. The number of nitrogens with zero attached hydrogens (tertiary/aromatic N) is 2. The van der Waals surface area contributed by atoms with Gasteiger partial charge < -0.3 is 10.1 Å². The number of nitrogens with one attached hydrogen (secondary N) is 1. The van der Waals surface area contributed by atoms with E-state index in [4.69, 9.17) is 11.6 Å². The van der Waals surface area contributed by atoms with E-state index in [-0.39, 0.29) is 6.54 Å². The van der Waals surface area contributed by atoms with Gasteiger partial charge in [-0.2, -0.15) is 0 Å². The van der Waals surface area contributed by atoms with Gasteiger partial charge in [-0.15, -0.1) is 0 Å². The molecule has 0 aliphatic heterocycles. The monoisotopic (exact) mass is 295 g/mol. The summed E-state index contributed by atoms with van der Waals surface area (Å²) in [4.78, 5) is 20.1. The van der Waals surface area contributed by atoms with Crippen molar-refractivity contribution in [1.82, 2.24) is 14.9 Å². The lowest BCUT2D eigenvalue weighted by atomic mass is 10.0. The van der Waals surface area contributed by atoms with Gasteiger partial charge in [-0.25, -0.2) is 9.78 Å². The summed E-state index contributed by atoms with van der Waals surface area (Å²) >= 11 is 6.14. The van der Waals surface area contributed by atoms with Crippen molar-refractivity contribution < 1.29 is 9.90 Å².